The van der Waals surface area contributed by atoms with Crippen molar-refractivity contribution in [1.82, 2.24) is 19.9 Å². The summed E-state index contributed by atoms with van der Waals surface area (Å²) in [7, 11) is 0. The number of pyridine rings is 1. The zero-order chi connectivity index (χ0) is 26.2. The molecule has 5 rings (SSSR count). The summed E-state index contributed by atoms with van der Waals surface area (Å²) in [6.45, 7) is 4.45. The van der Waals surface area contributed by atoms with Crippen LogP contribution in [0.25, 0.3) is 5.65 Å². The summed E-state index contributed by atoms with van der Waals surface area (Å²) < 4.78 is 47.9. The molecule has 0 fully saturated rings. The molecule has 0 bridgehead atoms. The maximum absolute atomic E-state index is 13.2. The van der Waals surface area contributed by atoms with Gasteiger partial charge in [0.25, 0.3) is 0 Å². The van der Waals surface area contributed by atoms with Crippen LogP contribution >= 0.6 is 11.6 Å². The van der Waals surface area contributed by atoms with Crippen LogP contribution in [0.4, 0.5) is 18.9 Å². The van der Waals surface area contributed by atoms with Gasteiger partial charge in [0, 0.05) is 17.6 Å². The number of anilines is 1. The summed E-state index contributed by atoms with van der Waals surface area (Å²) >= 11 is 5.73. The fourth-order valence-electron chi connectivity index (χ4n) is 4.73. The predicted octanol–water partition coefficient (Wildman–Crippen LogP) is 7.14. The van der Waals surface area contributed by atoms with E-state index in [-0.39, 0.29) is 23.1 Å². The Morgan fingerprint density at radius 3 is 2.59 bits per heavy atom. The molecule has 0 radical (unpaired) electrons. The Morgan fingerprint density at radius 2 is 1.84 bits per heavy atom. The summed E-state index contributed by atoms with van der Waals surface area (Å²) in [4.78, 5) is 0. The van der Waals surface area contributed by atoms with E-state index in [1.165, 1.54) is 12.1 Å². The van der Waals surface area contributed by atoms with Crippen molar-refractivity contribution < 1.29 is 17.9 Å². The lowest BCUT2D eigenvalue weighted by Crippen LogP contribution is -2.31. The number of aromatic nitrogens is 3. The van der Waals surface area contributed by atoms with Gasteiger partial charge in [-0.25, -0.2) is 0 Å². The Balaban J connectivity index is 1.28. The lowest BCUT2D eigenvalue weighted by Gasteiger charge is -2.32. The number of ether oxygens (including phenoxy) is 1. The van der Waals surface area contributed by atoms with Crippen LogP contribution in [-0.2, 0) is 6.18 Å². The Bertz CT molecular complexity index is 1400. The number of nitrogens with zero attached hydrogens (tertiary/aromatic N) is 3. The van der Waals surface area contributed by atoms with Crippen LogP contribution in [-0.4, -0.2) is 21.3 Å². The Labute approximate surface area is 217 Å². The van der Waals surface area contributed by atoms with E-state index in [2.05, 4.69) is 46.8 Å². The normalized spacial score (nSPS) is 17.7. The predicted molar refractivity (Wildman–Crippen MR) is 137 cm³/mol. The molecule has 194 valence electrons. The van der Waals surface area contributed by atoms with Gasteiger partial charge in [0.05, 0.1) is 23.5 Å². The Kier molecular flexibility index (Phi) is 7.00. The van der Waals surface area contributed by atoms with Crippen LogP contribution in [0.15, 0.2) is 60.8 Å². The molecule has 0 amide bonds. The van der Waals surface area contributed by atoms with Crippen molar-refractivity contribution in [2.45, 2.75) is 50.9 Å². The molecule has 37 heavy (non-hydrogen) atoms. The van der Waals surface area contributed by atoms with Gasteiger partial charge in [0.15, 0.2) is 5.65 Å². The number of fused-ring (bicyclic) bond motifs is 2. The minimum atomic E-state index is -4.51. The highest BCUT2D eigenvalue weighted by Crippen LogP contribution is 2.39. The van der Waals surface area contributed by atoms with Crippen LogP contribution in [0, 0.1) is 0 Å². The van der Waals surface area contributed by atoms with Crippen molar-refractivity contribution in [3.63, 3.8) is 0 Å². The average molecular weight is 530 g/mol. The first-order valence-electron chi connectivity index (χ1n) is 12.1. The third-order valence-electron chi connectivity index (χ3n) is 6.54. The molecule has 2 atom stereocenters. The maximum Gasteiger partial charge on any atom is 0.417 e. The highest BCUT2D eigenvalue weighted by molar-refractivity contribution is 6.31. The van der Waals surface area contributed by atoms with Crippen LogP contribution in [0.2, 0.25) is 5.02 Å². The van der Waals surface area contributed by atoms with Gasteiger partial charge in [0.2, 0.25) is 0 Å². The van der Waals surface area contributed by atoms with Crippen LogP contribution in [0.1, 0.15) is 67.3 Å². The first-order chi connectivity index (χ1) is 17.7. The molecule has 1 aliphatic carbocycles. The molecule has 0 saturated carbocycles. The highest BCUT2D eigenvalue weighted by atomic mass is 35.5. The third-order valence-corrected chi connectivity index (χ3v) is 6.87. The largest absolute Gasteiger partial charge is 0.484 e. The van der Waals surface area contributed by atoms with Crippen molar-refractivity contribution in [3.8, 4) is 5.75 Å². The number of nitrogens with one attached hydrogen (secondary N) is 2. The number of benzene rings is 2. The second kappa shape index (κ2) is 10.2. The summed E-state index contributed by atoms with van der Waals surface area (Å²) in [6, 6.07) is 15.8. The molecule has 0 saturated heterocycles. The van der Waals surface area contributed by atoms with Gasteiger partial charge in [-0.15, -0.1) is 10.2 Å². The summed E-state index contributed by atoms with van der Waals surface area (Å²) in [6.07, 6.45) is -1.10. The number of hydrogen-bond donors (Lipinski definition) is 2. The second-order valence-electron chi connectivity index (χ2n) is 9.42. The molecule has 10 heteroatoms. The molecule has 2 heterocycles. The maximum atomic E-state index is 13.2. The fraction of sp³-hybridized carbons (Fsp3) is 0.333. The molecule has 2 N–H and O–H groups in total. The topological polar surface area (TPSA) is 63.5 Å². The number of hydrogen-bond acceptors (Lipinski definition) is 5. The summed E-state index contributed by atoms with van der Waals surface area (Å²) in [5.41, 5.74) is 2.47. The van der Waals surface area contributed by atoms with Crippen molar-refractivity contribution in [1.29, 1.82) is 0 Å². The first-order valence-corrected chi connectivity index (χ1v) is 12.5. The molecular weight excluding hydrogens is 503 g/mol. The lowest BCUT2D eigenvalue weighted by molar-refractivity contribution is -0.137. The molecule has 2 aromatic carbocycles. The van der Waals surface area contributed by atoms with E-state index in [1.807, 2.05) is 34.9 Å². The molecule has 1 aliphatic rings. The van der Waals surface area contributed by atoms with Crippen LogP contribution in [0.3, 0.4) is 0 Å². The summed E-state index contributed by atoms with van der Waals surface area (Å²) in [5, 5.41) is 14.6. The van der Waals surface area contributed by atoms with Gasteiger partial charge in [-0.1, -0.05) is 49.7 Å². The van der Waals surface area contributed by atoms with Gasteiger partial charge in [0.1, 0.15) is 17.7 Å². The number of alkyl halides is 3. The van der Waals surface area contributed by atoms with Crippen LogP contribution < -0.4 is 15.4 Å². The highest BCUT2D eigenvalue weighted by Gasteiger charge is 2.33. The second-order valence-corrected chi connectivity index (χ2v) is 9.83. The van der Waals surface area contributed by atoms with Crippen molar-refractivity contribution in [3.05, 3.63) is 88.3 Å². The Morgan fingerprint density at radius 1 is 1.05 bits per heavy atom. The molecule has 2 aromatic heterocycles. The summed E-state index contributed by atoms with van der Waals surface area (Å²) in [5.74, 6) is 1.85. The molecule has 0 aliphatic heterocycles. The molecule has 4 aromatic rings. The van der Waals surface area contributed by atoms with Gasteiger partial charge in [-0.05, 0) is 54.3 Å². The minimum absolute atomic E-state index is 0.0332. The molecule has 0 spiro atoms. The Hall–Kier alpha value is -3.30. The quantitative estimate of drug-likeness (QED) is 0.249. The van der Waals surface area contributed by atoms with Gasteiger partial charge in [-0.2, -0.15) is 13.2 Å². The van der Waals surface area contributed by atoms with Crippen molar-refractivity contribution in [2.75, 3.05) is 12.0 Å². The van der Waals surface area contributed by atoms with Gasteiger partial charge in [-0.3, -0.25) is 9.72 Å². The van der Waals surface area contributed by atoms with E-state index in [9.17, 15) is 13.2 Å². The number of halogens is 4. The van der Waals surface area contributed by atoms with E-state index < -0.39 is 11.7 Å². The molecule has 6 nitrogen and oxygen atoms in total. The van der Waals surface area contributed by atoms with E-state index in [0.717, 1.165) is 47.3 Å². The average Bonchev–Trinajstić information content (AvgIpc) is 3.29. The van der Waals surface area contributed by atoms with Crippen molar-refractivity contribution >= 4 is 22.9 Å². The van der Waals surface area contributed by atoms with Gasteiger partial charge < -0.3 is 10.1 Å². The smallest absolute Gasteiger partial charge is 0.417 e. The first kappa shape index (κ1) is 25.4. The third kappa shape index (κ3) is 5.38. The van der Waals surface area contributed by atoms with Gasteiger partial charge >= 0.3 is 6.18 Å². The monoisotopic (exact) mass is 529 g/mol. The standard InChI is InChI=1S/C27H27ClF3N5O/c1-16(2)26-35-34-25-12-8-18(14-36(25)26)37-24-11-10-23(19-5-3-4-6-20(19)24)33-15-32-17-7-9-22(28)21(13-17)27(29,30)31/h3-9,12-14,16,23-24,32-33H,10-11,15H2,1-2H3. The SMILES string of the molecule is CC(C)c1nnc2ccc(OC3CCC(NCNc4ccc(Cl)c(C(F)(F)F)c4)c4ccccc43)cn12. The van der Waals surface area contributed by atoms with E-state index >= 15 is 0 Å². The number of rotatable bonds is 7. The molecule has 2 unspecified atom stereocenters. The minimum Gasteiger partial charge on any atom is -0.484 e. The zero-order valence-electron chi connectivity index (χ0n) is 20.4. The van der Waals surface area contributed by atoms with E-state index in [0.29, 0.717) is 12.4 Å². The van der Waals surface area contributed by atoms with Crippen molar-refractivity contribution in [2.24, 2.45) is 0 Å². The fourth-order valence-corrected chi connectivity index (χ4v) is 4.96. The molecular formula is C27H27ClF3N5O. The lowest BCUT2D eigenvalue weighted by atomic mass is 9.85. The van der Waals surface area contributed by atoms with E-state index in [4.69, 9.17) is 16.3 Å². The zero-order valence-corrected chi connectivity index (χ0v) is 21.1. The van der Waals surface area contributed by atoms with E-state index in [1.54, 1.807) is 0 Å². The van der Waals surface area contributed by atoms with Crippen LogP contribution in [0.5, 0.6) is 5.75 Å².